The number of aryl methyl sites for hydroxylation is 1. The molecule has 0 aromatic heterocycles. The van der Waals surface area contributed by atoms with E-state index >= 15 is 0 Å². The highest BCUT2D eigenvalue weighted by atomic mass is 16.5. The van der Waals surface area contributed by atoms with Crippen LogP contribution in [-0.2, 0) is 11.2 Å². The topological polar surface area (TPSA) is 26.3 Å². The lowest BCUT2D eigenvalue weighted by Crippen LogP contribution is -2.03. The van der Waals surface area contributed by atoms with E-state index in [9.17, 15) is 4.79 Å². The first-order valence-electron chi connectivity index (χ1n) is 10.7. The predicted molar refractivity (Wildman–Crippen MR) is 112 cm³/mol. The Hall–Kier alpha value is -1.57. The van der Waals surface area contributed by atoms with Crippen molar-refractivity contribution in [1.29, 1.82) is 0 Å². The van der Waals surface area contributed by atoms with E-state index in [1.165, 1.54) is 95.1 Å². The second-order valence-electron chi connectivity index (χ2n) is 7.27. The van der Waals surface area contributed by atoms with Gasteiger partial charge in [0.2, 0.25) is 0 Å². The van der Waals surface area contributed by atoms with E-state index in [4.69, 9.17) is 4.74 Å². The van der Waals surface area contributed by atoms with Gasteiger partial charge < -0.3 is 4.74 Å². The van der Waals surface area contributed by atoms with Gasteiger partial charge in [0.05, 0.1) is 0 Å². The fraction of sp³-hybridized carbons (Fsp3) is 0.625. The van der Waals surface area contributed by atoms with E-state index in [1.54, 1.807) is 0 Å². The van der Waals surface area contributed by atoms with Gasteiger partial charge in [-0.15, -0.1) is 0 Å². The summed E-state index contributed by atoms with van der Waals surface area (Å²) in [7, 11) is 0. The molecule has 0 unspecified atom stereocenters. The molecule has 1 rings (SSSR count). The van der Waals surface area contributed by atoms with Crippen molar-refractivity contribution < 1.29 is 9.53 Å². The van der Waals surface area contributed by atoms with Crippen molar-refractivity contribution in [2.45, 2.75) is 96.8 Å². The Bertz CT molecular complexity index is 493. The van der Waals surface area contributed by atoms with Crippen LogP contribution in [0.25, 0.3) is 0 Å². The third-order valence-electron chi connectivity index (χ3n) is 4.85. The van der Waals surface area contributed by atoms with Crippen LogP contribution < -0.4 is 4.74 Å². The minimum atomic E-state index is -0.400. The van der Waals surface area contributed by atoms with Gasteiger partial charge in [-0.05, 0) is 30.5 Å². The van der Waals surface area contributed by atoms with E-state index in [0.29, 0.717) is 5.75 Å². The molecular formula is C24H38O2. The maximum Gasteiger partial charge on any atom is 0.335 e. The molecule has 0 amide bonds. The van der Waals surface area contributed by atoms with E-state index in [0.717, 1.165) is 6.42 Å². The lowest BCUT2D eigenvalue weighted by molar-refractivity contribution is -0.128. The summed E-state index contributed by atoms with van der Waals surface area (Å²) in [4.78, 5) is 11.2. The van der Waals surface area contributed by atoms with Crippen molar-refractivity contribution >= 4 is 5.97 Å². The van der Waals surface area contributed by atoms with Crippen molar-refractivity contribution in [3.8, 4) is 5.75 Å². The number of ether oxygens (including phenoxy) is 1. The molecule has 0 saturated carbocycles. The summed E-state index contributed by atoms with van der Waals surface area (Å²) in [5, 5.41) is 0. The molecular weight excluding hydrogens is 320 g/mol. The first-order chi connectivity index (χ1) is 12.8. The first-order valence-corrected chi connectivity index (χ1v) is 10.7. The Morgan fingerprint density at radius 2 is 1.42 bits per heavy atom. The zero-order valence-electron chi connectivity index (χ0n) is 16.8. The Labute approximate surface area is 161 Å². The lowest BCUT2D eigenvalue weighted by Gasteiger charge is -2.06. The molecule has 0 fully saturated rings. The molecule has 0 N–H and O–H groups in total. The summed E-state index contributed by atoms with van der Waals surface area (Å²) in [5.74, 6) is 0.213. The van der Waals surface area contributed by atoms with Crippen LogP contribution in [0.3, 0.4) is 0 Å². The molecule has 1 aromatic rings. The van der Waals surface area contributed by atoms with Gasteiger partial charge in [-0.25, -0.2) is 4.79 Å². The molecule has 0 aliphatic carbocycles. The Morgan fingerprint density at radius 3 is 1.96 bits per heavy atom. The zero-order chi connectivity index (χ0) is 18.9. The van der Waals surface area contributed by atoms with Crippen molar-refractivity contribution in [3.63, 3.8) is 0 Å². The standard InChI is InChI=1S/C24H38O2/c1-3-5-6-7-8-9-10-11-12-13-14-15-16-18-22-19-17-20-23(21-22)26-24(25)4-2/h4,17,19-21H,2-3,5-16,18H2,1H3. The highest BCUT2D eigenvalue weighted by Gasteiger charge is 2.01. The molecule has 0 bridgehead atoms. The number of hydrogen-bond donors (Lipinski definition) is 0. The van der Waals surface area contributed by atoms with Crippen LogP contribution in [-0.4, -0.2) is 5.97 Å². The monoisotopic (exact) mass is 358 g/mol. The summed E-state index contributed by atoms with van der Waals surface area (Å²) >= 11 is 0. The SMILES string of the molecule is C=CC(=O)Oc1cccc(CCCCCCCCCCCCCCC)c1. The molecule has 0 radical (unpaired) electrons. The largest absolute Gasteiger partial charge is 0.423 e. The number of rotatable bonds is 16. The Kier molecular flexibility index (Phi) is 13.5. The van der Waals surface area contributed by atoms with Crippen LogP contribution in [0.1, 0.15) is 96.0 Å². The third kappa shape index (κ3) is 11.9. The third-order valence-corrected chi connectivity index (χ3v) is 4.85. The minimum Gasteiger partial charge on any atom is -0.423 e. The summed E-state index contributed by atoms with van der Waals surface area (Å²) in [6, 6.07) is 7.83. The van der Waals surface area contributed by atoms with Gasteiger partial charge in [0.25, 0.3) is 0 Å². The quantitative estimate of drug-likeness (QED) is 0.133. The number of esters is 1. The van der Waals surface area contributed by atoms with Crippen LogP contribution in [0.4, 0.5) is 0 Å². The van der Waals surface area contributed by atoms with Crippen LogP contribution >= 0.6 is 0 Å². The van der Waals surface area contributed by atoms with Crippen LogP contribution in [0.5, 0.6) is 5.75 Å². The predicted octanol–water partition coefficient (Wildman–Crippen LogP) is 7.41. The van der Waals surface area contributed by atoms with E-state index in [-0.39, 0.29) is 0 Å². The fourth-order valence-corrected chi connectivity index (χ4v) is 3.27. The Morgan fingerprint density at radius 1 is 0.885 bits per heavy atom. The second kappa shape index (κ2) is 15.7. The van der Waals surface area contributed by atoms with Crippen LogP contribution in [0, 0.1) is 0 Å². The molecule has 0 spiro atoms. The highest BCUT2D eigenvalue weighted by molar-refractivity contribution is 5.83. The molecule has 0 aliphatic rings. The summed E-state index contributed by atoms with van der Waals surface area (Å²) < 4.78 is 5.17. The maximum atomic E-state index is 11.2. The van der Waals surface area contributed by atoms with Crippen LogP contribution in [0.2, 0.25) is 0 Å². The van der Waals surface area contributed by atoms with Gasteiger partial charge >= 0.3 is 5.97 Å². The van der Waals surface area contributed by atoms with Crippen molar-refractivity contribution in [2.24, 2.45) is 0 Å². The zero-order valence-corrected chi connectivity index (χ0v) is 16.8. The lowest BCUT2D eigenvalue weighted by atomic mass is 10.0. The van der Waals surface area contributed by atoms with Gasteiger partial charge in [0.15, 0.2) is 0 Å². The Balaban J connectivity index is 1.97. The molecule has 0 aliphatic heterocycles. The molecule has 146 valence electrons. The molecule has 26 heavy (non-hydrogen) atoms. The smallest absolute Gasteiger partial charge is 0.335 e. The maximum absolute atomic E-state index is 11.2. The average molecular weight is 359 g/mol. The minimum absolute atomic E-state index is 0.400. The van der Waals surface area contributed by atoms with E-state index < -0.39 is 5.97 Å². The van der Waals surface area contributed by atoms with Gasteiger partial charge in [0.1, 0.15) is 5.75 Å². The van der Waals surface area contributed by atoms with Gasteiger partial charge in [0, 0.05) is 6.08 Å². The molecule has 2 nitrogen and oxygen atoms in total. The number of benzene rings is 1. The average Bonchev–Trinajstić information content (AvgIpc) is 2.65. The number of hydrogen-bond acceptors (Lipinski definition) is 2. The molecule has 0 atom stereocenters. The molecule has 1 aromatic carbocycles. The summed E-state index contributed by atoms with van der Waals surface area (Å²) in [6.45, 7) is 5.70. The second-order valence-corrected chi connectivity index (χ2v) is 7.27. The summed E-state index contributed by atoms with van der Waals surface area (Å²) in [5.41, 5.74) is 1.24. The normalized spacial score (nSPS) is 10.7. The van der Waals surface area contributed by atoms with E-state index in [1.807, 2.05) is 18.2 Å². The van der Waals surface area contributed by atoms with Gasteiger partial charge in [-0.3, -0.25) is 0 Å². The van der Waals surface area contributed by atoms with Gasteiger partial charge in [-0.1, -0.05) is 103 Å². The first kappa shape index (κ1) is 22.5. The number of carbonyl (C=O) groups is 1. The fourth-order valence-electron chi connectivity index (χ4n) is 3.27. The molecule has 0 saturated heterocycles. The van der Waals surface area contributed by atoms with Crippen molar-refractivity contribution in [1.82, 2.24) is 0 Å². The van der Waals surface area contributed by atoms with Gasteiger partial charge in [-0.2, -0.15) is 0 Å². The number of unbranched alkanes of at least 4 members (excludes halogenated alkanes) is 12. The van der Waals surface area contributed by atoms with Crippen molar-refractivity contribution in [2.75, 3.05) is 0 Å². The van der Waals surface area contributed by atoms with E-state index in [2.05, 4.69) is 19.6 Å². The highest BCUT2D eigenvalue weighted by Crippen LogP contribution is 2.17. The summed E-state index contributed by atoms with van der Waals surface area (Å²) in [6.07, 6.45) is 20.1. The number of carbonyl (C=O) groups excluding carboxylic acids is 1. The molecule has 2 heteroatoms. The van der Waals surface area contributed by atoms with Crippen LogP contribution in [0.15, 0.2) is 36.9 Å². The van der Waals surface area contributed by atoms with Crippen molar-refractivity contribution in [3.05, 3.63) is 42.5 Å². The molecule has 0 heterocycles.